The fourth-order valence-electron chi connectivity index (χ4n) is 4.33. The molecule has 1 saturated carbocycles. The zero-order valence-electron chi connectivity index (χ0n) is 15.4. The molecule has 3 aliphatic rings. The molecule has 6 heteroatoms. The minimum Gasteiger partial charge on any atom is -0.367 e. The monoisotopic (exact) mass is 370 g/mol. The fraction of sp³-hybridized carbons (Fsp3) is 0.650. The second kappa shape index (κ2) is 6.48. The van der Waals surface area contributed by atoms with Gasteiger partial charge in [-0.05, 0) is 56.9 Å². The van der Waals surface area contributed by atoms with Crippen LogP contribution in [0.4, 0.5) is 5.82 Å². The van der Waals surface area contributed by atoms with Crippen LogP contribution in [0.25, 0.3) is 10.2 Å². The molecular formula is C20H26N4OS. The van der Waals surface area contributed by atoms with Crippen molar-refractivity contribution >= 4 is 33.3 Å². The van der Waals surface area contributed by atoms with Crippen LogP contribution in [0.5, 0.6) is 0 Å². The summed E-state index contributed by atoms with van der Waals surface area (Å²) < 4.78 is 0. The predicted molar refractivity (Wildman–Crippen MR) is 105 cm³/mol. The number of carbonyl (C=O) groups is 1. The average Bonchev–Trinajstić information content (AvgIpc) is 3.42. The molecule has 5 rings (SSSR count). The van der Waals surface area contributed by atoms with E-state index in [1.165, 1.54) is 59.2 Å². The maximum Gasteiger partial charge on any atom is 0.219 e. The first kappa shape index (κ1) is 16.5. The molecule has 26 heavy (non-hydrogen) atoms. The summed E-state index contributed by atoms with van der Waals surface area (Å²) in [5.41, 5.74) is 1.50. The number of carbonyl (C=O) groups excluding carboxylic acids is 1. The minimum absolute atomic E-state index is 0.191. The maximum absolute atomic E-state index is 11.6. The Hall–Kier alpha value is -1.69. The van der Waals surface area contributed by atoms with Crippen LogP contribution in [0.2, 0.25) is 0 Å². The van der Waals surface area contributed by atoms with E-state index in [-0.39, 0.29) is 5.91 Å². The maximum atomic E-state index is 11.6. The highest BCUT2D eigenvalue weighted by atomic mass is 32.1. The van der Waals surface area contributed by atoms with Crippen molar-refractivity contribution in [1.29, 1.82) is 0 Å². The SMILES string of the molecule is CC(=O)N1CCC(Nc2nc(C3CC3)nc3sc4c(c23)CCCC4)CC1. The number of anilines is 1. The van der Waals surface area contributed by atoms with Crippen LogP contribution in [-0.4, -0.2) is 39.9 Å². The number of piperidine rings is 1. The summed E-state index contributed by atoms with van der Waals surface area (Å²) in [4.78, 5) is 26.2. The first-order valence-corrected chi connectivity index (χ1v) is 10.8. The van der Waals surface area contributed by atoms with Crippen LogP contribution < -0.4 is 5.32 Å². The van der Waals surface area contributed by atoms with E-state index in [1.54, 1.807) is 6.92 Å². The summed E-state index contributed by atoms with van der Waals surface area (Å²) in [5, 5.41) is 5.05. The van der Waals surface area contributed by atoms with Gasteiger partial charge in [0.15, 0.2) is 0 Å². The highest BCUT2D eigenvalue weighted by Crippen LogP contribution is 2.43. The highest BCUT2D eigenvalue weighted by Gasteiger charge is 2.30. The second-order valence-electron chi connectivity index (χ2n) is 8.02. The molecule has 2 aromatic heterocycles. The van der Waals surface area contributed by atoms with E-state index in [0.717, 1.165) is 37.6 Å². The van der Waals surface area contributed by atoms with Gasteiger partial charge in [0, 0.05) is 36.9 Å². The molecule has 2 aliphatic carbocycles. The molecule has 1 aliphatic heterocycles. The summed E-state index contributed by atoms with van der Waals surface area (Å²) in [7, 11) is 0. The third kappa shape index (κ3) is 2.98. The Morgan fingerprint density at radius 3 is 2.62 bits per heavy atom. The molecule has 0 bridgehead atoms. The lowest BCUT2D eigenvalue weighted by atomic mass is 9.96. The molecule has 3 heterocycles. The van der Waals surface area contributed by atoms with E-state index in [4.69, 9.17) is 9.97 Å². The summed E-state index contributed by atoms with van der Waals surface area (Å²) in [5.74, 6) is 2.87. The van der Waals surface area contributed by atoms with E-state index in [1.807, 2.05) is 16.2 Å². The number of aryl methyl sites for hydroxylation is 2. The van der Waals surface area contributed by atoms with E-state index in [0.29, 0.717) is 12.0 Å². The lowest BCUT2D eigenvalue weighted by Gasteiger charge is -2.32. The molecule has 2 fully saturated rings. The average molecular weight is 371 g/mol. The first-order chi connectivity index (χ1) is 12.7. The number of nitrogens with one attached hydrogen (secondary N) is 1. The number of thiophene rings is 1. The number of hydrogen-bond donors (Lipinski definition) is 1. The Morgan fingerprint density at radius 2 is 1.88 bits per heavy atom. The summed E-state index contributed by atoms with van der Waals surface area (Å²) in [6, 6.07) is 0.398. The molecule has 0 unspecified atom stereocenters. The smallest absolute Gasteiger partial charge is 0.219 e. The van der Waals surface area contributed by atoms with Gasteiger partial charge in [-0.2, -0.15) is 0 Å². The van der Waals surface area contributed by atoms with Gasteiger partial charge in [-0.3, -0.25) is 4.79 Å². The third-order valence-corrected chi connectivity index (χ3v) is 7.24. The third-order valence-electron chi connectivity index (χ3n) is 6.06. The Balaban J connectivity index is 1.47. The number of hydrogen-bond acceptors (Lipinski definition) is 5. The number of likely N-dealkylation sites (tertiary alicyclic amines) is 1. The lowest BCUT2D eigenvalue weighted by molar-refractivity contribution is -0.129. The summed E-state index contributed by atoms with van der Waals surface area (Å²) in [6.07, 6.45) is 9.39. The van der Waals surface area contributed by atoms with Crippen molar-refractivity contribution in [2.24, 2.45) is 0 Å². The van der Waals surface area contributed by atoms with Gasteiger partial charge in [-0.1, -0.05) is 0 Å². The van der Waals surface area contributed by atoms with Crippen molar-refractivity contribution in [3.63, 3.8) is 0 Å². The molecule has 1 N–H and O–H groups in total. The van der Waals surface area contributed by atoms with Crippen molar-refractivity contribution in [2.75, 3.05) is 18.4 Å². The van der Waals surface area contributed by atoms with Crippen molar-refractivity contribution < 1.29 is 4.79 Å². The summed E-state index contributed by atoms with van der Waals surface area (Å²) in [6.45, 7) is 3.36. The summed E-state index contributed by atoms with van der Waals surface area (Å²) >= 11 is 1.90. The van der Waals surface area contributed by atoms with Gasteiger partial charge >= 0.3 is 0 Å². The number of amides is 1. The van der Waals surface area contributed by atoms with Crippen LogP contribution in [0.1, 0.15) is 67.6 Å². The molecule has 0 aromatic carbocycles. The van der Waals surface area contributed by atoms with Gasteiger partial charge in [0.2, 0.25) is 5.91 Å². The minimum atomic E-state index is 0.191. The zero-order chi connectivity index (χ0) is 17.7. The Kier molecular flexibility index (Phi) is 4.11. The van der Waals surface area contributed by atoms with E-state index >= 15 is 0 Å². The van der Waals surface area contributed by atoms with Crippen LogP contribution >= 0.6 is 11.3 Å². The molecule has 1 amide bonds. The number of aromatic nitrogens is 2. The number of nitrogens with zero attached hydrogens (tertiary/aromatic N) is 3. The molecule has 2 aromatic rings. The lowest BCUT2D eigenvalue weighted by Crippen LogP contribution is -2.41. The molecule has 138 valence electrons. The first-order valence-electron chi connectivity index (χ1n) is 10.0. The van der Waals surface area contributed by atoms with Crippen LogP contribution in [-0.2, 0) is 17.6 Å². The van der Waals surface area contributed by atoms with Crippen LogP contribution in [0.3, 0.4) is 0 Å². The normalized spacial score (nSPS) is 21.0. The Morgan fingerprint density at radius 1 is 1.12 bits per heavy atom. The zero-order valence-corrected chi connectivity index (χ0v) is 16.2. The van der Waals surface area contributed by atoms with Crippen LogP contribution in [0, 0.1) is 0 Å². The second-order valence-corrected chi connectivity index (χ2v) is 9.10. The van der Waals surface area contributed by atoms with Gasteiger partial charge in [-0.15, -0.1) is 11.3 Å². The molecule has 0 spiro atoms. The quantitative estimate of drug-likeness (QED) is 0.891. The molecular weight excluding hydrogens is 344 g/mol. The number of rotatable bonds is 3. The Bertz CT molecular complexity index is 849. The largest absolute Gasteiger partial charge is 0.367 e. The Labute approximate surface area is 158 Å². The topological polar surface area (TPSA) is 58.1 Å². The van der Waals surface area contributed by atoms with Gasteiger partial charge in [0.25, 0.3) is 0 Å². The predicted octanol–water partition coefficient (Wildman–Crippen LogP) is 3.87. The van der Waals surface area contributed by atoms with Gasteiger partial charge in [0.1, 0.15) is 16.5 Å². The molecule has 5 nitrogen and oxygen atoms in total. The molecule has 0 radical (unpaired) electrons. The van der Waals surface area contributed by atoms with Crippen molar-refractivity contribution in [2.45, 2.75) is 70.3 Å². The van der Waals surface area contributed by atoms with E-state index in [9.17, 15) is 4.79 Å². The number of fused-ring (bicyclic) bond motifs is 3. The fourth-order valence-corrected chi connectivity index (χ4v) is 5.60. The standard InChI is InChI=1S/C20H26N4OS/c1-12(25)24-10-8-14(9-11-24)21-19-17-15-4-2-3-5-16(15)26-20(17)23-18(22-19)13-6-7-13/h13-14H,2-11H2,1H3,(H,21,22,23). The van der Waals surface area contributed by atoms with Crippen molar-refractivity contribution in [3.05, 3.63) is 16.3 Å². The van der Waals surface area contributed by atoms with Gasteiger partial charge in [-0.25, -0.2) is 9.97 Å². The van der Waals surface area contributed by atoms with Crippen molar-refractivity contribution in [1.82, 2.24) is 14.9 Å². The van der Waals surface area contributed by atoms with Gasteiger partial charge in [0.05, 0.1) is 5.39 Å². The van der Waals surface area contributed by atoms with Gasteiger partial charge < -0.3 is 10.2 Å². The molecule has 0 atom stereocenters. The van der Waals surface area contributed by atoms with E-state index < -0.39 is 0 Å². The highest BCUT2D eigenvalue weighted by molar-refractivity contribution is 7.19. The van der Waals surface area contributed by atoms with Crippen LogP contribution in [0.15, 0.2) is 0 Å². The molecule has 1 saturated heterocycles. The van der Waals surface area contributed by atoms with E-state index in [2.05, 4.69) is 5.32 Å². The van der Waals surface area contributed by atoms with Crippen molar-refractivity contribution in [3.8, 4) is 0 Å².